The monoisotopic (exact) mass is 291 g/mol. The van der Waals surface area contributed by atoms with Crippen LogP contribution in [0.25, 0.3) is 6.08 Å². The molecule has 0 radical (unpaired) electrons. The molecule has 1 aromatic rings. The summed E-state index contributed by atoms with van der Waals surface area (Å²) in [4.78, 5) is 11.1. The lowest BCUT2D eigenvalue weighted by molar-refractivity contribution is -0.187. The van der Waals surface area contributed by atoms with Crippen molar-refractivity contribution in [2.45, 2.75) is 32.4 Å². The first-order valence-electron chi connectivity index (χ1n) is 7.99. The second kappa shape index (κ2) is 4.85. The van der Waals surface area contributed by atoms with Crippen LogP contribution in [-0.4, -0.2) is 23.4 Å². The van der Waals surface area contributed by atoms with Gasteiger partial charge in [-0.15, -0.1) is 0 Å². The summed E-state index contributed by atoms with van der Waals surface area (Å²) in [5, 5.41) is 9.01. The molecule has 1 aliphatic rings. The third kappa shape index (κ3) is 2.50. The number of hydrogen-bond donors (Lipinski definition) is 1. The minimum Gasteiger partial charge on any atom is -0.478 e. The number of halogens is 3. The molecular weight excluding hydrogens is 273 g/mol. The van der Waals surface area contributed by atoms with E-state index in [9.17, 15) is 18.0 Å². The minimum absolute atomic E-state index is 0.124. The van der Waals surface area contributed by atoms with Crippen molar-refractivity contribution >= 4 is 12.0 Å². The third-order valence-corrected chi connectivity index (χ3v) is 2.77. The Morgan fingerprint density at radius 1 is 1.55 bits per heavy atom. The molecule has 0 aliphatic carbocycles. The van der Waals surface area contributed by atoms with Gasteiger partial charge in [-0.2, -0.15) is 13.2 Å². The SMILES string of the molecule is [2H]C([2H])([2H])C([2H])([2H])c1cc(C)cc2c1O[C@H](C(F)(F)F)C(C(=O)O)=C2. The van der Waals surface area contributed by atoms with Crippen LogP contribution in [0.1, 0.15) is 30.4 Å². The highest BCUT2D eigenvalue weighted by molar-refractivity contribution is 5.95. The first kappa shape index (κ1) is 9.05. The Morgan fingerprint density at radius 3 is 2.80 bits per heavy atom. The largest absolute Gasteiger partial charge is 0.478 e. The molecule has 0 amide bonds. The predicted octanol–water partition coefficient (Wildman–Crippen LogP) is 3.35. The highest BCUT2D eigenvalue weighted by Crippen LogP contribution is 2.39. The maximum atomic E-state index is 13.2. The van der Waals surface area contributed by atoms with Crippen LogP contribution in [0, 0.1) is 6.92 Å². The summed E-state index contributed by atoms with van der Waals surface area (Å²) in [5.41, 5.74) is -1.43. The van der Waals surface area contributed by atoms with Gasteiger partial charge in [0, 0.05) is 12.4 Å². The zero-order valence-corrected chi connectivity index (χ0v) is 10.2. The molecule has 1 heterocycles. The van der Waals surface area contributed by atoms with Crippen LogP contribution >= 0.6 is 0 Å². The number of benzene rings is 1. The molecule has 108 valence electrons. The first-order chi connectivity index (χ1) is 11.2. The lowest BCUT2D eigenvalue weighted by Gasteiger charge is -2.28. The quantitative estimate of drug-likeness (QED) is 0.909. The molecule has 0 spiro atoms. The molecule has 6 heteroatoms. The predicted molar refractivity (Wildman–Crippen MR) is 66.6 cm³/mol. The number of ether oxygens (including phenoxy) is 1. The maximum absolute atomic E-state index is 13.2. The smallest absolute Gasteiger partial charge is 0.430 e. The molecule has 1 N–H and O–H groups in total. The van der Waals surface area contributed by atoms with Gasteiger partial charge in [0.2, 0.25) is 6.10 Å². The summed E-state index contributed by atoms with van der Waals surface area (Å²) in [6, 6.07) is 2.38. The highest BCUT2D eigenvalue weighted by Gasteiger charge is 2.48. The van der Waals surface area contributed by atoms with Gasteiger partial charge >= 0.3 is 12.1 Å². The molecule has 1 aromatic carbocycles. The number of hydrogen-bond acceptors (Lipinski definition) is 2. The van der Waals surface area contributed by atoms with E-state index in [1.807, 2.05) is 0 Å². The summed E-state index contributed by atoms with van der Waals surface area (Å²) >= 11 is 0. The van der Waals surface area contributed by atoms with E-state index >= 15 is 0 Å². The van der Waals surface area contributed by atoms with Crippen LogP contribution in [0.5, 0.6) is 5.75 Å². The Morgan fingerprint density at radius 2 is 2.25 bits per heavy atom. The molecule has 1 aliphatic heterocycles. The first-order valence-corrected chi connectivity index (χ1v) is 5.49. The topological polar surface area (TPSA) is 46.5 Å². The Kier molecular flexibility index (Phi) is 2.19. The zero-order valence-electron chi connectivity index (χ0n) is 15.2. The van der Waals surface area contributed by atoms with Crippen molar-refractivity contribution in [1.82, 2.24) is 0 Å². The van der Waals surface area contributed by atoms with Gasteiger partial charge in [-0.3, -0.25) is 0 Å². The number of aryl methyl sites for hydroxylation is 2. The Labute approximate surface area is 120 Å². The van der Waals surface area contributed by atoms with Crippen molar-refractivity contribution in [2.75, 3.05) is 0 Å². The van der Waals surface area contributed by atoms with Gasteiger partial charge < -0.3 is 9.84 Å². The summed E-state index contributed by atoms with van der Waals surface area (Å²) in [5.74, 6) is -2.46. The molecule has 3 nitrogen and oxygen atoms in total. The van der Waals surface area contributed by atoms with Crippen LogP contribution in [0.3, 0.4) is 0 Å². The molecule has 0 unspecified atom stereocenters. The second-order valence-corrected chi connectivity index (χ2v) is 4.30. The number of aliphatic carboxylic acids is 1. The normalized spacial score (nSPS) is 23.1. The summed E-state index contributed by atoms with van der Waals surface area (Å²) < 4.78 is 81.8. The van der Waals surface area contributed by atoms with Crippen molar-refractivity contribution in [2.24, 2.45) is 0 Å². The van der Waals surface area contributed by atoms with Crippen LogP contribution in [0.2, 0.25) is 0 Å². The molecule has 0 fully saturated rings. The van der Waals surface area contributed by atoms with Gasteiger partial charge in [0.05, 0.1) is 5.57 Å². The fourth-order valence-corrected chi connectivity index (χ4v) is 1.97. The number of carboxylic acids is 1. The van der Waals surface area contributed by atoms with E-state index in [1.54, 1.807) is 0 Å². The van der Waals surface area contributed by atoms with Gasteiger partial charge in [-0.05, 0) is 36.6 Å². The average Bonchev–Trinajstić information content (AvgIpc) is 2.42. The molecule has 1 atom stereocenters. The Balaban J connectivity index is 2.76. The van der Waals surface area contributed by atoms with Gasteiger partial charge in [0.15, 0.2) is 0 Å². The van der Waals surface area contributed by atoms with E-state index in [0.717, 1.165) is 12.1 Å². The van der Waals surface area contributed by atoms with Crippen LogP contribution in [-0.2, 0) is 11.2 Å². The molecular formula is C14H13F3O3. The van der Waals surface area contributed by atoms with Gasteiger partial charge in [-0.25, -0.2) is 4.79 Å². The summed E-state index contributed by atoms with van der Waals surface area (Å²) in [6.45, 7) is -1.69. The van der Waals surface area contributed by atoms with Gasteiger partial charge in [0.25, 0.3) is 0 Å². The fraction of sp³-hybridized carbons (Fsp3) is 0.357. The van der Waals surface area contributed by atoms with Crippen LogP contribution in [0.4, 0.5) is 13.2 Å². The number of carboxylic acid groups (broad SMARTS) is 1. The lowest BCUT2D eigenvalue weighted by Crippen LogP contribution is -2.40. The van der Waals surface area contributed by atoms with Crippen molar-refractivity contribution < 1.29 is 34.7 Å². The molecule has 0 saturated carbocycles. The standard InChI is InChI=1S/C14H13F3O3/c1-3-8-4-7(2)5-9-6-10(13(18)19)12(14(15,16)17)20-11(8)9/h4-6,12H,3H2,1-2H3,(H,18,19)/t12-/m0/s1/i1D3,3D2. The van der Waals surface area contributed by atoms with Crippen molar-refractivity contribution in [3.8, 4) is 5.75 Å². The number of carbonyl (C=O) groups is 1. The third-order valence-electron chi connectivity index (χ3n) is 2.77. The Hall–Kier alpha value is -1.98. The van der Waals surface area contributed by atoms with Crippen LogP contribution in [0.15, 0.2) is 17.7 Å². The van der Waals surface area contributed by atoms with Crippen molar-refractivity contribution in [3.05, 3.63) is 34.4 Å². The van der Waals surface area contributed by atoms with E-state index < -0.39 is 48.4 Å². The highest BCUT2D eigenvalue weighted by atomic mass is 19.4. The lowest BCUT2D eigenvalue weighted by atomic mass is 9.96. The van der Waals surface area contributed by atoms with E-state index in [0.29, 0.717) is 5.56 Å². The number of rotatable bonds is 2. The summed E-state index contributed by atoms with van der Waals surface area (Å²) in [7, 11) is 0. The van der Waals surface area contributed by atoms with Crippen molar-refractivity contribution in [1.29, 1.82) is 0 Å². The molecule has 2 rings (SSSR count). The minimum atomic E-state index is -5.07. The van der Waals surface area contributed by atoms with E-state index in [4.69, 9.17) is 16.7 Å². The molecule has 0 saturated heterocycles. The Bertz CT molecular complexity index is 753. The molecule has 0 bridgehead atoms. The second-order valence-electron chi connectivity index (χ2n) is 4.30. The van der Waals surface area contributed by atoms with E-state index in [2.05, 4.69) is 0 Å². The van der Waals surface area contributed by atoms with E-state index in [-0.39, 0.29) is 5.56 Å². The molecule has 0 aromatic heterocycles. The van der Waals surface area contributed by atoms with E-state index in [1.165, 1.54) is 13.0 Å². The van der Waals surface area contributed by atoms with Gasteiger partial charge in [0.1, 0.15) is 5.75 Å². The van der Waals surface area contributed by atoms with Crippen molar-refractivity contribution in [3.63, 3.8) is 0 Å². The molecule has 20 heavy (non-hydrogen) atoms. The number of alkyl halides is 3. The average molecular weight is 291 g/mol. The number of fused-ring (bicyclic) bond motifs is 1. The maximum Gasteiger partial charge on any atom is 0.430 e. The van der Waals surface area contributed by atoms with Crippen LogP contribution < -0.4 is 4.74 Å². The summed E-state index contributed by atoms with van der Waals surface area (Å²) in [6.07, 6.45) is -10.2. The fourth-order valence-electron chi connectivity index (χ4n) is 1.97. The zero-order chi connectivity index (χ0) is 19.4. The van der Waals surface area contributed by atoms with Gasteiger partial charge in [-0.1, -0.05) is 12.9 Å².